The summed E-state index contributed by atoms with van der Waals surface area (Å²) in [6.45, 7) is 7.18. The number of benzene rings is 1. The van der Waals surface area contributed by atoms with Crippen LogP contribution < -0.4 is 5.32 Å². The lowest BCUT2D eigenvalue weighted by molar-refractivity contribution is 0.540. The van der Waals surface area contributed by atoms with E-state index in [1.807, 2.05) is 12.1 Å². The Morgan fingerprint density at radius 2 is 2.22 bits per heavy atom. The minimum atomic E-state index is -0.164. The highest BCUT2D eigenvalue weighted by molar-refractivity contribution is 7.15. The highest BCUT2D eigenvalue weighted by Crippen LogP contribution is 2.27. The van der Waals surface area contributed by atoms with E-state index in [1.165, 1.54) is 6.07 Å². The van der Waals surface area contributed by atoms with Gasteiger partial charge in [0.1, 0.15) is 5.82 Å². The largest absolute Gasteiger partial charge is 0.314 e. The van der Waals surface area contributed by atoms with Crippen LogP contribution in [-0.4, -0.2) is 22.0 Å². The first-order chi connectivity index (χ1) is 11.1. The van der Waals surface area contributed by atoms with Crippen molar-refractivity contribution >= 4 is 16.3 Å². The van der Waals surface area contributed by atoms with E-state index in [0.29, 0.717) is 11.6 Å². The number of thiazole rings is 1. The summed E-state index contributed by atoms with van der Waals surface area (Å²) in [4.78, 5) is 5.70. The minimum Gasteiger partial charge on any atom is -0.314 e. The molecule has 2 heterocycles. The lowest BCUT2D eigenvalue weighted by Gasteiger charge is -2.10. The van der Waals surface area contributed by atoms with E-state index < -0.39 is 0 Å². The molecule has 5 heteroatoms. The second-order valence-corrected chi connectivity index (χ2v) is 6.87. The zero-order chi connectivity index (χ0) is 16.4. The number of fused-ring (bicyclic) bond motifs is 1. The van der Waals surface area contributed by atoms with Gasteiger partial charge in [0.2, 0.25) is 0 Å². The van der Waals surface area contributed by atoms with Gasteiger partial charge in [-0.05, 0) is 56.1 Å². The molecule has 0 saturated heterocycles. The maximum absolute atomic E-state index is 13.5. The van der Waals surface area contributed by atoms with Crippen molar-refractivity contribution in [1.82, 2.24) is 14.7 Å². The number of hydrogen-bond donors (Lipinski definition) is 1. The third kappa shape index (κ3) is 3.46. The number of nitrogens with zero attached hydrogens (tertiary/aromatic N) is 2. The van der Waals surface area contributed by atoms with Gasteiger partial charge in [-0.15, -0.1) is 11.3 Å². The Labute approximate surface area is 140 Å². The quantitative estimate of drug-likeness (QED) is 0.723. The summed E-state index contributed by atoms with van der Waals surface area (Å²) in [6.07, 6.45) is 4.15. The van der Waals surface area contributed by atoms with E-state index in [9.17, 15) is 4.39 Å². The van der Waals surface area contributed by atoms with Crippen LogP contribution in [0.1, 0.15) is 31.5 Å². The number of imidazole rings is 1. The first-order valence-electron chi connectivity index (χ1n) is 8.04. The number of hydrogen-bond acceptors (Lipinski definition) is 3. The average molecular weight is 331 g/mol. The van der Waals surface area contributed by atoms with Crippen LogP contribution in [0.2, 0.25) is 0 Å². The van der Waals surface area contributed by atoms with E-state index in [0.717, 1.165) is 41.3 Å². The second kappa shape index (κ2) is 6.81. The molecule has 1 unspecified atom stereocenters. The summed E-state index contributed by atoms with van der Waals surface area (Å²) >= 11 is 1.62. The van der Waals surface area contributed by atoms with Crippen molar-refractivity contribution in [3.63, 3.8) is 0 Å². The van der Waals surface area contributed by atoms with Crippen LogP contribution in [0, 0.1) is 12.7 Å². The molecule has 0 spiro atoms. The topological polar surface area (TPSA) is 29.3 Å². The molecule has 2 aromatic heterocycles. The summed E-state index contributed by atoms with van der Waals surface area (Å²) in [5.74, 6) is -0.164. The van der Waals surface area contributed by atoms with Crippen molar-refractivity contribution in [3.8, 4) is 11.3 Å². The molecule has 122 valence electrons. The Hall–Kier alpha value is -1.72. The molecule has 0 saturated carbocycles. The minimum absolute atomic E-state index is 0.164. The molecule has 0 fully saturated rings. The second-order valence-electron chi connectivity index (χ2n) is 6.03. The van der Waals surface area contributed by atoms with Gasteiger partial charge in [-0.2, -0.15) is 0 Å². The molecule has 0 bridgehead atoms. The molecule has 23 heavy (non-hydrogen) atoms. The Balaban J connectivity index is 1.87. The van der Waals surface area contributed by atoms with Gasteiger partial charge in [-0.1, -0.05) is 6.92 Å². The van der Waals surface area contributed by atoms with Crippen molar-refractivity contribution in [2.75, 3.05) is 6.54 Å². The summed E-state index contributed by atoms with van der Waals surface area (Å²) in [6, 6.07) is 5.66. The van der Waals surface area contributed by atoms with Gasteiger partial charge in [-0.25, -0.2) is 9.37 Å². The Kier molecular flexibility index (Phi) is 4.78. The fourth-order valence-corrected chi connectivity index (χ4v) is 3.62. The molecule has 0 aliphatic rings. The summed E-state index contributed by atoms with van der Waals surface area (Å²) in [5, 5.41) is 5.57. The van der Waals surface area contributed by atoms with Gasteiger partial charge in [-0.3, -0.25) is 4.40 Å². The molecule has 0 amide bonds. The smallest absolute Gasteiger partial charge is 0.194 e. The van der Waals surface area contributed by atoms with Gasteiger partial charge >= 0.3 is 0 Å². The molecule has 1 atom stereocenters. The zero-order valence-corrected chi connectivity index (χ0v) is 14.6. The SMILES string of the molecule is CCCNC(C)Cc1cn2c(-c3ccc(F)c(C)c3)csc2n1. The third-order valence-electron chi connectivity index (χ3n) is 3.97. The predicted molar refractivity (Wildman–Crippen MR) is 94.7 cm³/mol. The fourth-order valence-electron chi connectivity index (χ4n) is 2.72. The highest BCUT2D eigenvalue weighted by Gasteiger charge is 2.12. The van der Waals surface area contributed by atoms with Crippen LogP contribution >= 0.6 is 11.3 Å². The third-order valence-corrected chi connectivity index (χ3v) is 4.81. The van der Waals surface area contributed by atoms with E-state index in [4.69, 9.17) is 4.98 Å². The predicted octanol–water partition coefficient (Wildman–Crippen LogP) is 4.44. The number of nitrogens with one attached hydrogen (secondary N) is 1. The standard InChI is InChI=1S/C18H22FN3S/c1-4-7-20-13(3)9-15-10-22-17(11-23-18(22)21-15)14-5-6-16(19)12(2)8-14/h5-6,8,10-11,13,20H,4,7,9H2,1-3H3. The lowest BCUT2D eigenvalue weighted by atomic mass is 10.1. The number of aryl methyl sites for hydroxylation is 1. The average Bonchev–Trinajstić information content (AvgIpc) is 3.08. The molecule has 0 radical (unpaired) electrons. The van der Waals surface area contributed by atoms with E-state index in [2.05, 4.69) is 35.1 Å². The van der Waals surface area contributed by atoms with Crippen molar-refractivity contribution < 1.29 is 4.39 Å². The van der Waals surface area contributed by atoms with Crippen molar-refractivity contribution in [2.24, 2.45) is 0 Å². The van der Waals surface area contributed by atoms with Gasteiger partial charge in [0.25, 0.3) is 0 Å². The van der Waals surface area contributed by atoms with E-state index >= 15 is 0 Å². The van der Waals surface area contributed by atoms with Crippen LogP contribution in [-0.2, 0) is 6.42 Å². The van der Waals surface area contributed by atoms with Gasteiger partial charge in [0.05, 0.1) is 11.4 Å². The molecule has 3 nitrogen and oxygen atoms in total. The maximum Gasteiger partial charge on any atom is 0.194 e. The maximum atomic E-state index is 13.5. The van der Waals surface area contributed by atoms with Crippen LogP contribution in [0.25, 0.3) is 16.2 Å². The van der Waals surface area contributed by atoms with E-state index in [1.54, 1.807) is 18.3 Å². The van der Waals surface area contributed by atoms with Gasteiger partial charge in [0.15, 0.2) is 4.96 Å². The monoisotopic (exact) mass is 331 g/mol. The normalized spacial score (nSPS) is 12.9. The summed E-state index contributed by atoms with van der Waals surface area (Å²) in [5.41, 5.74) is 3.85. The molecule has 1 aromatic carbocycles. The van der Waals surface area contributed by atoms with Gasteiger partial charge < -0.3 is 5.32 Å². The van der Waals surface area contributed by atoms with E-state index in [-0.39, 0.29) is 5.82 Å². The van der Waals surface area contributed by atoms with Crippen LogP contribution in [0.5, 0.6) is 0 Å². The molecule has 3 rings (SSSR count). The number of rotatable bonds is 6. The Morgan fingerprint density at radius 3 is 2.96 bits per heavy atom. The van der Waals surface area contributed by atoms with Crippen LogP contribution in [0.3, 0.4) is 0 Å². The van der Waals surface area contributed by atoms with Crippen molar-refractivity contribution in [1.29, 1.82) is 0 Å². The molecule has 0 aliphatic carbocycles. The lowest BCUT2D eigenvalue weighted by Crippen LogP contribution is -2.28. The molecule has 1 N–H and O–H groups in total. The van der Waals surface area contributed by atoms with Crippen molar-refractivity contribution in [2.45, 2.75) is 39.7 Å². The Bertz CT molecular complexity index is 806. The van der Waals surface area contributed by atoms with Crippen LogP contribution in [0.4, 0.5) is 4.39 Å². The van der Waals surface area contributed by atoms with Crippen LogP contribution in [0.15, 0.2) is 29.8 Å². The number of aromatic nitrogens is 2. The Morgan fingerprint density at radius 1 is 1.39 bits per heavy atom. The zero-order valence-electron chi connectivity index (χ0n) is 13.8. The molecule has 3 aromatic rings. The van der Waals surface area contributed by atoms with Crippen molar-refractivity contribution in [3.05, 3.63) is 46.9 Å². The molecule has 0 aliphatic heterocycles. The highest BCUT2D eigenvalue weighted by atomic mass is 32.1. The summed E-state index contributed by atoms with van der Waals surface area (Å²) in [7, 11) is 0. The van der Waals surface area contributed by atoms with Gasteiger partial charge in [0, 0.05) is 24.0 Å². The number of halogens is 1. The molecular weight excluding hydrogens is 309 g/mol. The summed E-state index contributed by atoms with van der Waals surface area (Å²) < 4.78 is 15.6. The first-order valence-corrected chi connectivity index (χ1v) is 8.91. The molecular formula is C18H22FN3S. The fraction of sp³-hybridized carbons (Fsp3) is 0.389. The first kappa shape index (κ1) is 16.1.